The van der Waals surface area contributed by atoms with Gasteiger partial charge in [-0.2, -0.15) is 0 Å². The topological polar surface area (TPSA) is 54.9 Å². The number of aryl methyl sites for hydroxylation is 1. The molecular weight excluding hydrogens is 326 g/mol. The standard InChI is InChI=1S/C21H35N3O2/c1-4-22-21(23-11-7-12-25-16-20-10-6-13-26-20)24-15-18(3)19-9-5-8-17(2)14-19/h5,8-9,14,18,20H,4,6-7,10-13,15-16H2,1-3H3,(H2,22,23,24). The Hall–Kier alpha value is -1.59. The summed E-state index contributed by atoms with van der Waals surface area (Å²) in [6.45, 7) is 11.3. The SMILES string of the molecule is CCNC(=NCC(C)c1cccc(C)c1)NCCCOCC1CCCO1. The molecule has 1 aromatic carbocycles. The second kappa shape index (κ2) is 11.9. The third-order valence-corrected chi connectivity index (χ3v) is 4.56. The molecule has 1 saturated heterocycles. The van der Waals surface area contributed by atoms with Crippen molar-refractivity contribution in [1.82, 2.24) is 10.6 Å². The van der Waals surface area contributed by atoms with Gasteiger partial charge in [-0.1, -0.05) is 36.8 Å². The molecule has 2 unspecified atom stereocenters. The fraction of sp³-hybridized carbons (Fsp3) is 0.667. The summed E-state index contributed by atoms with van der Waals surface area (Å²) in [5.74, 6) is 1.28. The number of ether oxygens (including phenoxy) is 2. The van der Waals surface area contributed by atoms with Gasteiger partial charge in [-0.05, 0) is 38.7 Å². The van der Waals surface area contributed by atoms with E-state index in [1.807, 2.05) is 0 Å². The molecule has 0 saturated carbocycles. The van der Waals surface area contributed by atoms with Gasteiger partial charge in [0.15, 0.2) is 5.96 Å². The predicted octanol–water partition coefficient (Wildman–Crippen LogP) is 3.24. The number of benzene rings is 1. The number of rotatable bonds is 10. The minimum absolute atomic E-state index is 0.310. The van der Waals surface area contributed by atoms with E-state index in [0.717, 1.165) is 58.3 Å². The minimum atomic E-state index is 0.310. The molecule has 2 atom stereocenters. The van der Waals surface area contributed by atoms with Crippen LogP contribution in [0.4, 0.5) is 0 Å². The van der Waals surface area contributed by atoms with E-state index in [2.05, 4.69) is 55.7 Å². The summed E-state index contributed by atoms with van der Waals surface area (Å²) in [4.78, 5) is 4.73. The lowest BCUT2D eigenvalue weighted by Crippen LogP contribution is -2.38. The maximum Gasteiger partial charge on any atom is 0.191 e. The van der Waals surface area contributed by atoms with Gasteiger partial charge in [0.2, 0.25) is 0 Å². The van der Waals surface area contributed by atoms with E-state index in [4.69, 9.17) is 14.5 Å². The summed E-state index contributed by atoms with van der Waals surface area (Å²) in [7, 11) is 0. The molecule has 0 amide bonds. The molecule has 0 spiro atoms. The first kappa shape index (κ1) is 20.7. The molecule has 0 radical (unpaired) electrons. The van der Waals surface area contributed by atoms with Crippen LogP contribution in [-0.4, -0.2) is 51.5 Å². The van der Waals surface area contributed by atoms with Crippen LogP contribution in [0.1, 0.15) is 50.2 Å². The molecule has 0 aromatic heterocycles. The van der Waals surface area contributed by atoms with Crippen LogP contribution in [0, 0.1) is 6.92 Å². The third-order valence-electron chi connectivity index (χ3n) is 4.56. The maximum absolute atomic E-state index is 5.70. The van der Waals surface area contributed by atoms with E-state index in [-0.39, 0.29) is 0 Å². The lowest BCUT2D eigenvalue weighted by molar-refractivity contribution is 0.0168. The summed E-state index contributed by atoms with van der Waals surface area (Å²) >= 11 is 0. The minimum Gasteiger partial charge on any atom is -0.379 e. The van der Waals surface area contributed by atoms with Crippen molar-refractivity contribution >= 4 is 5.96 Å². The monoisotopic (exact) mass is 361 g/mol. The van der Waals surface area contributed by atoms with Gasteiger partial charge in [0.25, 0.3) is 0 Å². The Labute approximate surface area is 158 Å². The van der Waals surface area contributed by atoms with Gasteiger partial charge in [0, 0.05) is 38.8 Å². The largest absolute Gasteiger partial charge is 0.379 e. The first-order valence-corrected chi connectivity index (χ1v) is 9.97. The molecule has 0 bridgehead atoms. The zero-order chi connectivity index (χ0) is 18.6. The molecular formula is C21H35N3O2. The number of nitrogens with one attached hydrogen (secondary N) is 2. The normalized spacial score (nSPS) is 18.7. The van der Waals surface area contributed by atoms with E-state index in [1.165, 1.54) is 17.5 Å². The maximum atomic E-state index is 5.70. The van der Waals surface area contributed by atoms with E-state index < -0.39 is 0 Å². The van der Waals surface area contributed by atoms with E-state index >= 15 is 0 Å². The second-order valence-corrected chi connectivity index (χ2v) is 7.03. The molecule has 2 rings (SSSR count). The van der Waals surface area contributed by atoms with Crippen molar-refractivity contribution < 1.29 is 9.47 Å². The van der Waals surface area contributed by atoms with E-state index in [1.54, 1.807) is 0 Å². The van der Waals surface area contributed by atoms with Crippen LogP contribution in [0.2, 0.25) is 0 Å². The van der Waals surface area contributed by atoms with Crippen molar-refractivity contribution in [3.05, 3.63) is 35.4 Å². The summed E-state index contributed by atoms with van der Waals surface area (Å²) in [5, 5.41) is 6.71. The summed E-state index contributed by atoms with van der Waals surface area (Å²) in [6, 6.07) is 8.67. The summed E-state index contributed by atoms with van der Waals surface area (Å²) in [5.41, 5.74) is 2.64. The Bertz CT molecular complexity index is 542. The highest BCUT2D eigenvalue weighted by molar-refractivity contribution is 5.79. The molecule has 1 heterocycles. The molecule has 1 aliphatic rings. The van der Waals surface area contributed by atoms with Gasteiger partial charge in [-0.25, -0.2) is 0 Å². The van der Waals surface area contributed by atoms with Crippen LogP contribution < -0.4 is 10.6 Å². The summed E-state index contributed by atoms with van der Waals surface area (Å²) in [6.07, 6.45) is 3.57. The van der Waals surface area contributed by atoms with Crippen LogP contribution in [-0.2, 0) is 9.47 Å². The zero-order valence-electron chi connectivity index (χ0n) is 16.6. The Morgan fingerprint density at radius 3 is 3.00 bits per heavy atom. The van der Waals surface area contributed by atoms with Gasteiger partial charge in [-0.15, -0.1) is 0 Å². The van der Waals surface area contributed by atoms with Gasteiger partial charge in [0.05, 0.1) is 12.7 Å². The molecule has 1 fully saturated rings. The average Bonchev–Trinajstić information content (AvgIpc) is 3.15. The lowest BCUT2D eigenvalue weighted by Gasteiger charge is -2.14. The number of aliphatic imine (C=N–C) groups is 1. The van der Waals surface area contributed by atoms with Crippen LogP contribution in [0.15, 0.2) is 29.3 Å². The van der Waals surface area contributed by atoms with Crippen molar-refractivity contribution in [2.45, 2.75) is 52.1 Å². The third kappa shape index (κ3) is 7.75. The zero-order valence-corrected chi connectivity index (χ0v) is 16.6. The number of guanidine groups is 1. The Morgan fingerprint density at radius 1 is 1.38 bits per heavy atom. The van der Waals surface area contributed by atoms with Crippen molar-refractivity contribution in [2.75, 3.05) is 39.5 Å². The van der Waals surface area contributed by atoms with Crippen LogP contribution in [0.25, 0.3) is 0 Å². The van der Waals surface area contributed by atoms with Crippen LogP contribution >= 0.6 is 0 Å². The number of nitrogens with zero attached hydrogens (tertiary/aromatic N) is 1. The molecule has 26 heavy (non-hydrogen) atoms. The smallest absolute Gasteiger partial charge is 0.191 e. The molecule has 2 N–H and O–H groups in total. The predicted molar refractivity (Wildman–Crippen MR) is 108 cm³/mol. The van der Waals surface area contributed by atoms with Crippen LogP contribution in [0.5, 0.6) is 0 Å². The number of hydrogen-bond acceptors (Lipinski definition) is 3. The molecule has 146 valence electrons. The van der Waals surface area contributed by atoms with Crippen molar-refractivity contribution in [3.63, 3.8) is 0 Å². The van der Waals surface area contributed by atoms with Crippen molar-refractivity contribution in [1.29, 1.82) is 0 Å². The van der Waals surface area contributed by atoms with Crippen molar-refractivity contribution in [2.24, 2.45) is 4.99 Å². The highest BCUT2D eigenvalue weighted by Gasteiger charge is 2.14. The molecule has 0 aliphatic carbocycles. The van der Waals surface area contributed by atoms with E-state index in [0.29, 0.717) is 12.0 Å². The first-order valence-electron chi connectivity index (χ1n) is 9.97. The number of hydrogen-bond donors (Lipinski definition) is 2. The lowest BCUT2D eigenvalue weighted by atomic mass is 10.00. The Balaban J connectivity index is 1.66. The van der Waals surface area contributed by atoms with Gasteiger partial charge >= 0.3 is 0 Å². The fourth-order valence-electron chi connectivity index (χ4n) is 3.02. The molecule has 1 aliphatic heterocycles. The second-order valence-electron chi connectivity index (χ2n) is 7.03. The molecule has 5 nitrogen and oxygen atoms in total. The fourth-order valence-corrected chi connectivity index (χ4v) is 3.02. The van der Waals surface area contributed by atoms with Gasteiger partial charge < -0.3 is 20.1 Å². The highest BCUT2D eigenvalue weighted by atomic mass is 16.5. The van der Waals surface area contributed by atoms with Gasteiger partial charge in [0.1, 0.15) is 0 Å². The quantitative estimate of drug-likeness (QED) is 0.382. The molecule has 5 heteroatoms. The Kier molecular flexibility index (Phi) is 9.50. The average molecular weight is 362 g/mol. The van der Waals surface area contributed by atoms with Crippen molar-refractivity contribution in [3.8, 4) is 0 Å². The molecule has 1 aromatic rings. The first-order chi connectivity index (χ1) is 12.7. The van der Waals surface area contributed by atoms with Crippen LogP contribution in [0.3, 0.4) is 0 Å². The van der Waals surface area contributed by atoms with E-state index in [9.17, 15) is 0 Å². The van der Waals surface area contributed by atoms with Gasteiger partial charge in [-0.3, -0.25) is 4.99 Å². The Morgan fingerprint density at radius 2 is 2.27 bits per heavy atom. The summed E-state index contributed by atoms with van der Waals surface area (Å²) < 4.78 is 11.3. The highest BCUT2D eigenvalue weighted by Crippen LogP contribution is 2.16.